The first-order chi connectivity index (χ1) is 12.9. The maximum Gasteiger partial charge on any atom is 0.228 e. The minimum atomic E-state index is -0.698. The first-order valence-corrected chi connectivity index (χ1v) is 8.77. The van der Waals surface area contributed by atoms with Crippen molar-refractivity contribution in [1.82, 2.24) is 19.9 Å². The van der Waals surface area contributed by atoms with Crippen molar-refractivity contribution in [2.24, 2.45) is 0 Å². The molecule has 1 fully saturated rings. The highest BCUT2D eigenvalue weighted by molar-refractivity contribution is 5.88. The average Bonchev–Trinajstić information content (AvgIpc) is 2.62. The van der Waals surface area contributed by atoms with Gasteiger partial charge in [0.25, 0.3) is 0 Å². The van der Waals surface area contributed by atoms with Gasteiger partial charge in [-0.1, -0.05) is 0 Å². The minimum Gasteiger partial charge on any atom is -0.375 e. The second-order valence-electron chi connectivity index (χ2n) is 6.69. The maximum atomic E-state index is 14.5. The molecule has 8 heteroatoms. The summed E-state index contributed by atoms with van der Waals surface area (Å²) in [6.45, 7) is 7.44. The van der Waals surface area contributed by atoms with Crippen molar-refractivity contribution in [1.29, 1.82) is 0 Å². The number of nitrogens with zero attached hydrogens (tertiary/aromatic N) is 5. The summed E-state index contributed by atoms with van der Waals surface area (Å²) in [7, 11) is 0. The summed E-state index contributed by atoms with van der Waals surface area (Å²) in [5.41, 5.74) is 2.72. The highest BCUT2D eigenvalue weighted by atomic mass is 19.1. The molecule has 0 bridgehead atoms. The van der Waals surface area contributed by atoms with Gasteiger partial charge in [-0.25, -0.2) is 23.7 Å². The van der Waals surface area contributed by atoms with E-state index in [2.05, 4.69) is 19.9 Å². The summed E-state index contributed by atoms with van der Waals surface area (Å²) in [5.74, 6) is -0.903. The lowest BCUT2D eigenvalue weighted by Gasteiger charge is -2.31. The SMILES string of the molecule is Cc1nc2nc(N3CCO[C@@H](C)C3)nc(-c3ccc(F)cc3F)c2nc1C. The molecule has 0 unspecified atom stereocenters. The van der Waals surface area contributed by atoms with Crippen LogP contribution in [0.5, 0.6) is 0 Å². The van der Waals surface area contributed by atoms with Crippen molar-refractivity contribution < 1.29 is 13.5 Å². The molecule has 3 heterocycles. The molecule has 1 aliphatic heterocycles. The number of ether oxygens (including phenoxy) is 1. The summed E-state index contributed by atoms with van der Waals surface area (Å²) in [6.07, 6.45) is 0.0369. The summed E-state index contributed by atoms with van der Waals surface area (Å²) in [4.78, 5) is 20.2. The van der Waals surface area contributed by atoms with Gasteiger partial charge in [0, 0.05) is 24.7 Å². The number of aromatic nitrogens is 4. The molecule has 0 aliphatic carbocycles. The van der Waals surface area contributed by atoms with E-state index in [4.69, 9.17) is 4.74 Å². The van der Waals surface area contributed by atoms with Crippen molar-refractivity contribution in [2.45, 2.75) is 26.9 Å². The van der Waals surface area contributed by atoms with Crippen LogP contribution in [-0.4, -0.2) is 45.7 Å². The topological polar surface area (TPSA) is 64.0 Å². The molecule has 1 aromatic carbocycles. The Labute approximate surface area is 155 Å². The van der Waals surface area contributed by atoms with Gasteiger partial charge in [-0.05, 0) is 32.9 Å². The van der Waals surface area contributed by atoms with Gasteiger partial charge in [-0.2, -0.15) is 4.98 Å². The molecule has 2 aromatic heterocycles. The van der Waals surface area contributed by atoms with Crippen LogP contribution in [0.15, 0.2) is 18.2 Å². The average molecular weight is 371 g/mol. The predicted molar refractivity (Wildman–Crippen MR) is 97.6 cm³/mol. The lowest BCUT2D eigenvalue weighted by atomic mass is 10.1. The second kappa shape index (κ2) is 6.77. The van der Waals surface area contributed by atoms with Gasteiger partial charge in [0.05, 0.1) is 24.1 Å². The molecule has 0 spiro atoms. The Morgan fingerprint density at radius 1 is 1.07 bits per heavy atom. The quantitative estimate of drug-likeness (QED) is 0.689. The van der Waals surface area contributed by atoms with Crippen LogP contribution in [0.4, 0.5) is 14.7 Å². The Kier molecular flexibility index (Phi) is 4.43. The monoisotopic (exact) mass is 371 g/mol. The third-order valence-electron chi connectivity index (χ3n) is 4.64. The zero-order valence-electron chi connectivity index (χ0n) is 15.3. The molecule has 0 amide bonds. The van der Waals surface area contributed by atoms with Gasteiger partial charge in [0.15, 0.2) is 5.65 Å². The molecule has 27 heavy (non-hydrogen) atoms. The van der Waals surface area contributed by atoms with Gasteiger partial charge >= 0.3 is 0 Å². The zero-order chi connectivity index (χ0) is 19.1. The van der Waals surface area contributed by atoms with E-state index in [0.717, 1.165) is 11.8 Å². The molecule has 0 saturated carbocycles. The van der Waals surface area contributed by atoms with Crippen LogP contribution < -0.4 is 4.90 Å². The molecule has 6 nitrogen and oxygen atoms in total. The van der Waals surface area contributed by atoms with E-state index in [1.54, 1.807) is 0 Å². The molecule has 140 valence electrons. The number of fused-ring (bicyclic) bond motifs is 1. The lowest BCUT2D eigenvalue weighted by Crippen LogP contribution is -2.42. The predicted octanol–water partition coefficient (Wildman–Crippen LogP) is 3.21. The van der Waals surface area contributed by atoms with E-state index < -0.39 is 11.6 Å². The van der Waals surface area contributed by atoms with Gasteiger partial charge < -0.3 is 9.64 Å². The normalized spacial score (nSPS) is 17.5. The summed E-state index contributed by atoms with van der Waals surface area (Å²) >= 11 is 0. The van der Waals surface area contributed by atoms with E-state index in [0.29, 0.717) is 48.2 Å². The summed E-state index contributed by atoms with van der Waals surface area (Å²) in [6, 6.07) is 3.42. The fraction of sp³-hybridized carbons (Fsp3) is 0.368. The molecule has 0 radical (unpaired) electrons. The van der Waals surface area contributed by atoms with Crippen molar-refractivity contribution >= 4 is 17.1 Å². The second-order valence-corrected chi connectivity index (χ2v) is 6.69. The highest BCUT2D eigenvalue weighted by Crippen LogP contribution is 2.29. The van der Waals surface area contributed by atoms with E-state index in [-0.39, 0.29) is 11.7 Å². The molecular formula is C19H19F2N5O. The summed E-state index contributed by atoms with van der Waals surface area (Å²) < 4.78 is 33.5. The standard InChI is InChI=1S/C19H19F2N5O/c1-10-9-26(6-7-27-10)19-24-16(14-5-4-13(20)8-15(14)21)17-18(25-19)23-12(3)11(2)22-17/h4-5,8,10H,6-7,9H2,1-3H3/t10-/m0/s1. The van der Waals surface area contributed by atoms with Gasteiger partial charge in [0.1, 0.15) is 22.8 Å². The third-order valence-corrected chi connectivity index (χ3v) is 4.64. The minimum absolute atomic E-state index is 0.0369. The number of hydrogen-bond acceptors (Lipinski definition) is 6. The van der Waals surface area contributed by atoms with E-state index in [9.17, 15) is 8.78 Å². The van der Waals surface area contributed by atoms with Gasteiger partial charge in [-0.15, -0.1) is 0 Å². The van der Waals surface area contributed by atoms with Crippen LogP contribution >= 0.6 is 0 Å². The maximum absolute atomic E-state index is 14.5. The molecule has 4 rings (SSSR count). The largest absolute Gasteiger partial charge is 0.375 e. The van der Waals surface area contributed by atoms with Crippen LogP contribution in [0.3, 0.4) is 0 Å². The van der Waals surface area contributed by atoms with Crippen LogP contribution in [0.1, 0.15) is 18.3 Å². The van der Waals surface area contributed by atoms with Gasteiger partial charge in [-0.3, -0.25) is 0 Å². The fourth-order valence-corrected chi connectivity index (χ4v) is 3.11. The number of rotatable bonds is 2. The first kappa shape index (κ1) is 17.7. The van der Waals surface area contributed by atoms with Crippen LogP contribution in [0, 0.1) is 25.5 Å². The number of hydrogen-bond donors (Lipinski definition) is 0. The molecule has 3 aromatic rings. The van der Waals surface area contributed by atoms with E-state index >= 15 is 0 Å². The number of aryl methyl sites for hydroxylation is 2. The Hall–Kier alpha value is -2.74. The van der Waals surface area contributed by atoms with E-state index in [1.165, 1.54) is 12.1 Å². The van der Waals surface area contributed by atoms with Crippen LogP contribution in [0.25, 0.3) is 22.4 Å². The molecular weight excluding hydrogens is 352 g/mol. The smallest absolute Gasteiger partial charge is 0.228 e. The van der Waals surface area contributed by atoms with Gasteiger partial charge in [0.2, 0.25) is 5.95 Å². The third kappa shape index (κ3) is 3.32. The van der Waals surface area contributed by atoms with Crippen LogP contribution in [-0.2, 0) is 4.74 Å². The Balaban J connectivity index is 1.95. The zero-order valence-corrected chi connectivity index (χ0v) is 15.3. The van der Waals surface area contributed by atoms with Crippen molar-refractivity contribution in [3.63, 3.8) is 0 Å². The van der Waals surface area contributed by atoms with Crippen molar-refractivity contribution in [2.75, 3.05) is 24.6 Å². The number of anilines is 1. The first-order valence-electron chi connectivity index (χ1n) is 8.77. The Morgan fingerprint density at radius 2 is 1.85 bits per heavy atom. The molecule has 0 N–H and O–H groups in total. The Bertz CT molecular complexity index is 1030. The van der Waals surface area contributed by atoms with Crippen molar-refractivity contribution in [3.05, 3.63) is 41.2 Å². The lowest BCUT2D eigenvalue weighted by molar-refractivity contribution is 0.0526. The summed E-state index contributed by atoms with van der Waals surface area (Å²) in [5, 5.41) is 0. The molecule has 1 saturated heterocycles. The van der Waals surface area contributed by atoms with Crippen LogP contribution in [0.2, 0.25) is 0 Å². The highest BCUT2D eigenvalue weighted by Gasteiger charge is 2.23. The van der Waals surface area contributed by atoms with E-state index in [1.807, 2.05) is 25.7 Å². The van der Waals surface area contributed by atoms with Crippen molar-refractivity contribution in [3.8, 4) is 11.3 Å². The molecule has 1 atom stereocenters. The fourth-order valence-electron chi connectivity index (χ4n) is 3.11. The number of morpholine rings is 1. The Morgan fingerprint density at radius 3 is 2.59 bits per heavy atom. The number of halogens is 2. The molecule has 1 aliphatic rings. The number of benzene rings is 1.